The zero-order valence-electron chi connectivity index (χ0n) is 9.79. The van der Waals surface area contributed by atoms with Gasteiger partial charge in [-0.1, -0.05) is 19.9 Å². The minimum atomic E-state index is 0.00548. The summed E-state index contributed by atoms with van der Waals surface area (Å²) in [4.78, 5) is 1.35. The number of thiophene rings is 1. The van der Waals surface area contributed by atoms with Gasteiger partial charge in [0, 0.05) is 29.5 Å². The van der Waals surface area contributed by atoms with E-state index in [4.69, 9.17) is 0 Å². The molecule has 0 aromatic carbocycles. The van der Waals surface area contributed by atoms with Crippen LogP contribution in [0.2, 0.25) is 0 Å². The molecule has 1 rings (SSSR count). The monoisotopic (exact) mass is 227 g/mol. The third kappa shape index (κ3) is 3.59. The van der Waals surface area contributed by atoms with Gasteiger partial charge < -0.3 is 10.4 Å². The summed E-state index contributed by atoms with van der Waals surface area (Å²) < 4.78 is 0. The molecule has 0 aliphatic carbocycles. The van der Waals surface area contributed by atoms with Crippen molar-refractivity contribution in [3.05, 3.63) is 22.4 Å². The van der Waals surface area contributed by atoms with Gasteiger partial charge in [-0.15, -0.1) is 11.3 Å². The van der Waals surface area contributed by atoms with Crippen molar-refractivity contribution in [2.45, 2.75) is 33.2 Å². The molecule has 2 N–H and O–H groups in total. The molecule has 2 nitrogen and oxygen atoms in total. The molecule has 0 bridgehead atoms. The lowest BCUT2D eigenvalue weighted by Crippen LogP contribution is -2.35. The van der Waals surface area contributed by atoms with Gasteiger partial charge in [0.2, 0.25) is 0 Å². The Hall–Kier alpha value is -0.380. The number of aliphatic hydroxyl groups is 1. The van der Waals surface area contributed by atoms with Gasteiger partial charge >= 0.3 is 0 Å². The van der Waals surface area contributed by atoms with Crippen LogP contribution in [0.4, 0.5) is 0 Å². The molecule has 0 amide bonds. The third-order valence-corrected chi connectivity index (χ3v) is 4.10. The highest BCUT2D eigenvalue weighted by atomic mass is 32.1. The van der Waals surface area contributed by atoms with Crippen LogP contribution in [0.15, 0.2) is 17.5 Å². The van der Waals surface area contributed by atoms with E-state index in [-0.39, 0.29) is 12.0 Å². The van der Waals surface area contributed by atoms with Crippen LogP contribution >= 0.6 is 11.3 Å². The molecule has 1 aromatic rings. The average Bonchev–Trinajstić information content (AvgIpc) is 2.79. The Morgan fingerprint density at radius 1 is 1.60 bits per heavy atom. The molecule has 86 valence electrons. The van der Waals surface area contributed by atoms with E-state index in [2.05, 4.69) is 43.6 Å². The minimum Gasteiger partial charge on any atom is -0.396 e. The summed E-state index contributed by atoms with van der Waals surface area (Å²) in [5, 5.41) is 14.9. The lowest BCUT2D eigenvalue weighted by Gasteiger charge is -2.27. The van der Waals surface area contributed by atoms with Gasteiger partial charge in [-0.3, -0.25) is 0 Å². The predicted octanol–water partition coefficient (Wildman–Crippen LogP) is 2.81. The molecule has 1 unspecified atom stereocenters. The first kappa shape index (κ1) is 12.7. The molecule has 15 heavy (non-hydrogen) atoms. The number of rotatable bonds is 6. The fourth-order valence-electron chi connectivity index (χ4n) is 1.33. The van der Waals surface area contributed by atoms with Crippen LogP contribution in [0.5, 0.6) is 0 Å². The highest BCUT2D eigenvalue weighted by molar-refractivity contribution is 7.10. The van der Waals surface area contributed by atoms with E-state index in [1.807, 2.05) is 0 Å². The van der Waals surface area contributed by atoms with Gasteiger partial charge in [-0.05, 0) is 24.8 Å². The zero-order chi connectivity index (χ0) is 11.3. The topological polar surface area (TPSA) is 32.3 Å². The fraction of sp³-hybridized carbons (Fsp3) is 0.667. The van der Waals surface area contributed by atoms with E-state index < -0.39 is 0 Å². The summed E-state index contributed by atoms with van der Waals surface area (Å²) in [7, 11) is 0. The van der Waals surface area contributed by atoms with Gasteiger partial charge in [0.05, 0.1) is 0 Å². The second kappa shape index (κ2) is 5.64. The summed E-state index contributed by atoms with van der Waals surface area (Å²) in [6.45, 7) is 7.50. The van der Waals surface area contributed by atoms with Crippen LogP contribution in [-0.4, -0.2) is 18.3 Å². The maximum Gasteiger partial charge on any atom is 0.0496 e. The van der Waals surface area contributed by atoms with E-state index in [0.29, 0.717) is 6.04 Å². The molecule has 2 atom stereocenters. The highest BCUT2D eigenvalue weighted by Crippen LogP contribution is 2.22. The highest BCUT2D eigenvalue weighted by Gasteiger charge is 2.21. The summed E-state index contributed by atoms with van der Waals surface area (Å²) in [6.07, 6.45) is 0.994. The zero-order valence-corrected chi connectivity index (χ0v) is 10.6. The number of aliphatic hydroxyl groups excluding tert-OH is 1. The van der Waals surface area contributed by atoms with Crippen molar-refractivity contribution in [3.8, 4) is 0 Å². The molecule has 1 aromatic heterocycles. The first-order chi connectivity index (χ1) is 7.11. The second-order valence-electron chi connectivity index (χ2n) is 4.44. The average molecular weight is 227 g/mol. The third-order valence-electron chi connectivity index (χ3n) is 3.04. The molecule has 0 fully saturated rings. The summed E-state index contributed by atoms with van der Waals surface area (Å²) in [5.74, 6) is 0. The summed E-state index contributed by atoms with van der Waals surface area (Å²) >= 11 is 1.77. The van der Waals surface area contributed by atoms with Crippen molar-refractivity contribution in [2.75, 3.05) is 13.2 Å². The molecule has 0 aliphatic heterocycles. The Morgan fingerprint density at radius 2 is 2.33 bits per heavy atom. The van der Waals surface area contributed by atoms with Gasteiger partial charge in [0.15, 0.2) is 0 Å². The van der Waals surface area contributed by atoms with Crippen LogP contribution < -0.4 is 5.32 Å². The van der Waals surface area contributed by atoms with Crippen molar-refractivity contribution in [3.63, 3.8) is 0 Å². The molecular formula is C12H21NOS. The number of nitrogens with one attached hydrogen (secondary N) is 1. The largest absolute Gasteiger partial charge is 0.396 e. The SMILES string of the molecule is CCC(C)(CO)CN[C@H](C)c1cccs1. The first-order valence-corrected chi connectivity index (χ1v) is 6.37. The van der Waals surface area contributed by atoms with Crippen LogP contribution in [0.25, 0.3) is 0 Å². The van der Waals surface area contributed by atoms with Gasteiger partial charge in [-0.2, -0.15) is 0 Å². The molecule has 1 heterocycles. The van der Waals surface area contributed by atoms with Crippen molar-refractivity contribution in [1.29, 1.82) is 0 Å². The molecule has 0 spiro atoms. The molecule has 0 aliphatic rings. The molecule has 0 radical (unpaired) electrons. The van der Waals surface area contributed by atoms with Gasteiger partial charge in [-0.25, -0.2) is 0 Å². The van der Waals surface area contributed by atoms with Crippen molar-refractivity contribution in [1.82, 2.24) is 5.32 Å². The van der Waals surface area contributed by atoms with E-state index in [1.165, 1.54) is 4.88 Å². The van der Waals surface area contributed by atoms with Crippen molar-refractivity contribution >= 4 is 11.3 Å². The molecule has 0 saturated carbocycles. The summed E-state index contributed by atoms with van der Waals surface area (Å²) in [6, 6.07) is 4.59. The predicted molar refractivity (Wildman–Crippen MR) is 66.2 cm³/mol. The standard InChI is InChI=1S/C12H21NOS/c1-4-12(3,9-14)8-13-10(2)11-6-5-7-15-11/h5-7,10,13-14H,4,8-9H2,1-3H3/t10-,12?/m1/s1. The fourth-order valence-corrected chi connectivity index (χ4v) is 2.09. The maximum atomic E-state index is 9.29. The first-order valence-electron chi connectivity index (χ1n) is 5.49. The Bertz CT molecular complexity index is 267. The molecule has 3 heteroatoms. The Balaban J connectivity index is 2.43. The Morgan fingerprint density at radius 3 is 2.80 bits per heavy atom. The van der Waals surface area contributed by atoms with E-state index in [0.717, 1.165) is 13.0 Å². The van der Waals surface area contributed by atoms with Gasteiger partial charge in [0.1, 0.15) is 0 Å². The Labute approximate surface area is 96.3 Å². The van der Waals surface area contributed by atoms with Crippen LogP contribution in [0.1, 0.15) is 38.1 Å². The van der Waals surface area contributed by atoms with E-state index in [1.54, 1.807) is 11.3 Å². The minimum absolute atomic E-state index is 0.00548. The van der Waals surface area contributed by atoms with Crippen LogP contribution in [0.3, 0.4) is 0 Å². The number of hydrogen-bond acceptors (Lipinski definition) is 3. The van der Waals surface area contributed by atoms with E-state index in [9.17, 15) is 5.11 Å². The lowest BCUT2D eigenvalue weighted by atomic mass is 9.88. The normalized spacial score (nSPS) is 17.3. The smallest absolute Gasteiger partial charge is 0.0496 e. The van der Waals surface area contributed by atoms with Crippen LogP contribution in [0, 0.1) is 5.41 Å². The Kier molecular flexibility index (Phi) is 4.77. The van der Waals surface area contributed by atoms with Crippen molar-refractivity contribution in [2.24, 2.45) is 5.41 Å². The maximum absolute atomic E-state index is 9.29. The number of hydrogen-bond donors (Lipinski definition) is 2. The van der Waals surface area contributed by atoms with E-state index >= 15 is 0 Å². The summed E-state index contributed by atoms with van der Waals surface area (Å²) in [5.41, 5.74) is 0.00548. The van der Waals surface area contributed by atoms with Crippen molar-refractivity contribution < 1.29 is 5.11 Å². The lowest BCUT2D eigenvalue weighted by molar-refractivity contribution is 0.132. The van der Waals surface area contributed by atoms with Crippen LogP contribution in [-0.2, 0) is 0 Å². The molecule has 0 saturated heterocycles. The second-order valence-corrected chi connectivity index (χ2v) is 5.42. The quantitative estimate of drug-likeness (QED) is 0.783. The van der Waals surface area contributed by atoms with Gasteiger partial charge in [0.25, 0.3) is 0 Å². The molecular weight excluding hydrogens is 206 g/mol.